The molecule has 0 amide bonds. The van der Waals surface area contributed by atoms with E-state index in [9.17, 15) is 0 Å². The predicted octanol–water partition coefficient (Wildman–Crippen LogP) is 3.70. The third kappa shape index (κ3) is 5.07. The molecule has 0 spiro atoms. The first-order chi connectivity index (χ1) is 8.26. The molecule has 2 aromatic carbocycles. The van der Waals surface area contributed by atoms with Crippen molar-refractivity contribution in [1.29, 1.82) is 0 Å². The molecule has 90 valence electrons. The minimum Gasteiger partial charge on any atom is -0.497 e. The SMILES string of the molecule is COc1ccc(C)cc1.COc1ccccc1. The Balaban J connectivity index is 0.000000171. The van der Waals surface area contributed by atoms with Crippen LogP contribution >= 0.6 is 0 Å². The zero-order chi connectivity index (χ0) is 12.5. The average molecular weight is 230 g/mol. The molecule has 0 aliphatic heterocycles. The van der Waals surface area contributed by atoms with Gasteiger partial charge in [0.25, 0.3) is 0 Å². The van der Waals surface area contributed by atoms with Crippen LogP contribution in [0.2, 0.25) is 0 Å². The van der Waals surface area contributed by atoms with Crippen LogP contribution in [0, 0.1) is 6.92 Å². The van der Waals surface area contributed by atoms with Gasteiger partial charge in [0.05, 0.1) is 14.2 Å². The number of hydrogen-bond acceptors (Lipinski definition) is 2. The Kier molecular flexibility index (Phi) is 5.66. The fraction of sp³-hybridized carbons (Fsp3) is 0.200. The van der Waals surface area contributed by atoms with Gasteiger partial charge in [-0.1, -0.05) is 35.9 Å². The van der Waals surface area contributed by atoms with Gasteiger partial charge in [-0.05, 0) is 31.2 Å². The van der Waals surface area contributed by atoms with Crippen molar-refractivity contribution in [2.75, 3.05) is 14.2 Å². The lowest BCUT2D eigenvalue weighted by Gasteiger charge is -1.97. The van der Waals surface area contributed by atoms with Gasteiger partial charge in [0.15, 0.2) is 0 Å². The van der Waals surface area contributed by atoms with Crippen LogP contribution in [0.15, 0.2) is 54.6 Å². The second-order valence-corrected chi connectivity index (χ2v) is 3.53. The maximum Gasteiger partial charge on any atom is 0.118 e. The van der Waals surface area contributed by atoms with Gasteiger partial charge in [0.2, 0.25) is 0 Å². The maximum atomic E-state index is 4.97. The van der Waals surface area contributed by atoms with Gasteiger partial charge in [-0.25, -0.2) is 0 Å². The highest BCUT2D eigenvalue weighted by Crippen LogP contribution is 2.09. The lowest BCUT2D eigenvalue weighted by Crippen LogP contribution is -1.80. The number of ether oxygens (including phenoxy) is 2. The number of rotatable bonds is 2. The lowest BCUT2D eigenvalue weighted by molar-refractivity contribution is 0.414. The van der Waals surface area contributed by atoms with Crippen molar-refractivity contribution in [2.24, 2.45) is 0 Å². The molecule has 0 saturated carbocycles. The summed E-state index contributed by atoms with van der Waals surface area (Å²) in [5, 5.41) is 0. The Morgan fingerprint density at radius 3 is 1.53 bits per heavy atom. The van der Waals surface area contributed by atoms with E-state index in [4.69, 9.17) is 9.47 Å². The van der Waals surface area contributed by atoms with Crippen molar-refractivity contribution in [2.45, 2.75) is 6.92 Å². The number of aryl methyl sites for hydroxylation is 1. The molecular weight excluding hydrogens is 212 g/mol. The van der Waals surface area contributed by atoms with Gasteiger partial charge in [-0.3, -0.25) is 0 Å². The van der Waals surface area contributed by atoms with Crippen LogP contribution in [0.3, 0.4) is 0 Å². The molecule has 0 heterocycles. The van der Waals surface area contributed by atoms with E-state index in [0.29, 0.717) is 0 Å². The summed E-state index contributed by atoms with van der Waals surface area (Å²) in [7, 11) is 3.33. The Morgan fingerprint density at radius 1 is 0.647 bits per heavy atom. The van der Waals surface area contributed by atoms with Crippen LogP contribution in [0.4, 0.5) is 0 Å². The second-order valence-electron chi connectivity index (χ2n) is 3.53. The summed E-state index contributed by atoms with van der Waals surface area (Å²) in [6.07, 6.45) is 0. The number of para-hydroxylation sites is 1. The minimum atomic E-state index is 0.910. The maximum absolute atomic E-state index is 4.97. The summed E-state index contributed by atoms with van der Waals surface area (Å²) in [6.45, 7) is 2.06. The molecule has 2 rings (SSSR count). The molecule has 0 aromatic heterocycles. The van der Waals surface area contributed by atoms with Crippen molar-refractivity contribution in [3.63, 3.8) is 0 Å². The molecule has 17 heavy (non-hydrogen) atoms. The molecule has 0 unspecified atom stereocenters. The Labute approximate surface area is 103 Å². The van der Waals surface area contributed by atoms with Gasteiger partial charge in [-0.2, -0.15) is 0 Å². The molecule has 0 bridgehead atoms. The first-order valence-electron chi connectivity index (χ1n) is 5.46. The fourth-order valence-electron chi connectivity index (χ4n) is 1.23. The van der Waals surface area contributed by atoms with Gasteiger partial charge < -0.3 is 9.47 Å². The summed E-state index contributed by atoms with van der Waals surface area (Å²) in [5.74, 6) is 1.83. The van der Waals surface area contributed by atoms with E-state index in [1.165, 1.54) is 5.56 Å². The van der Waals surface area contributed by atoms with Crippen molar-refractivity contribution in [3.8, 4) is 11.5 Å². The van der Waals surface area contributed by atoms with Crippen LogP contribution in [-0.2, 0) is 0 Å². The summed E-state index contributed by atoms with van der Waals surface area (Å²) >= 11 is 0. The summed E-state index contributed by atoms with van der Waals surface area (Å²) in [6, 6.07) is 17.6. The van der Waals surface area contributed by atoms with Gasteiger partial charge in [0, 0.05) is 0 Å². The van der Waals surface area contributed by atoms with Crippen molar-refractivity contribution >= 4 is 0 Å². The summed E-state index contributed by atoms with van der Waals surface area (Å²) in [4.78, 5) is 0. The highest BCUT2D eigenvalue weighted by molar-refractivity contribution is 5.25. The quantitative estimate of drug-likeness (QED) is 0.783. The molecule has 0 radical (unpaired) electrons. The molecule has 2 heteroatoms. The van der Waals surface area contributed by atoms with E-state index >= 15 is 0 Å². The molecule has 2 aromatic rings. The molecular formula is C15H18O2. The first-order valence-corrected chi connectivity index (χ1v) is 5.46. The molecule has 0 N–H and O–H groups in total. The van der Waals surface area contributed by atoms with E-state index in [1.807, 2.05) is 54.6 Å². The smallest absolute Gasteiger partial charge is 0.118 e. The Hall–Kier alpha value is -1.96. The zero-order valence-corrected chi connectivity index (χ0v) is 10.5. The topological polar surface area (TPSA) is 18.5 Å². The monoisotopic (exact) mass is 230 g/mol. The summed E-state index contributed by atoms with van der Waals surface area (Å²) < 4.78 is 9.88. The Morgan fingerprint density at radius 2 is 1.12 bits per heavy atom. The highest BCUT2D eigenvalue weighted by atomic mass is 16.5. The molecule has 0 saturated heterocycles. The first kappa shape index (κ1) is 13.1. The molecule has 2 nitrogen and oxygen atoms in total. The minimum absolute atomic E-state index is 0.910. The normalized spacial score (nSPS) is 8.88. The van der Waals surface area contributed by atoms with Gasteiger partial charge >= 0.3 is 0 Å². The molecule has 0 fully saturated rings. The highest BCUT2D eigenvalue weighted by Gasteiger charge is 1.85. The van der Waals surface area contributed by atoms with Gasteiger partial charge in [-0.15, -0.1) is 0 Å². The van der Waals surface area contributed by atoms with Gasteiger partial charge in [0.1, 0.15) is 11.5 Å². The van der Waals surface area contributed by atoms with Crippen LogP contribution < -0.4 is 9.47 Å². The zero-order valence-electron chi connectivity index (χ0n) is 10.5. The largest absolute Gasteiger partial charge is 0.497 e. The molecule has 0 atom stereocenters. The Bertz CT molecular complexity index is 407. The van der Waals surface area contributed by atoms with Crippen molar-refractivity contribution in [1.82, 2.24) is 0 Å². The van der Waals surface area contributed by atoms with Crippen LogP contribution in [0.5, 0.6) is 11.5 Å². The fourth-order valence-corrected chi connectivity index (χ4v) is 1.23. The summed E-state index contributed by atoms with van der Waals surface area (Å²) in [5.41, 5.74) is 1.26. The van der Waals surface area contributed by atoms with E-state index in [-0.39, 0.29) is 0 Å². The average Bonchev–Trinajstić information content (AvgIpc) is 2.41. The van der Waals surface area contributed by atoms with Crippen LogP contribution in [0.1, 0.15) is 5.56 Å². The van der Waals surface area contributed by atoms with Crippen molar-refractivity contribution < 1.29 is 9.47 Å². The van der Waals surface area contributed by atoms with E-state index < -0.39 is 0 Å². The van der Waals surface area contributed by atoms with Crippen LogP contribution in [0.25, 0.3) is 0 Å². The third-order valence-corrected chi connectivity index (χ3v) is 2.24. The molecule has 0 aliphatic carbocycles. The standard InChI is InChI=1S/C8H10O.C7H8O/c1-7-3-5-8(9-2)6-4-7;1-8-7-5-3-2-4-6-7/h3-6H,1-2H3;2-6H,1H3. The van der Waals surface area contributed by atoms with Crippen LogP contribution in [-0.4, -0.2) is 14.2 Å². The molecule has 0 aliphatic rings. The van der Waals surface area contributed by atoms with E-state index in [2.05, 4.69) is 6.92 Å². The number of benzene rings is 2. The second kappa shape index (κ2) is 7.34. The lowest BCUT2D eigenvalue weighted by atomic mass is 10.2. The number of methoxy groups -OCH3 is 2. The van der Waals surface area contributed by atoms with E-state index in [1.54, 1.807) is 14.2 Å². The van der Waals surface area contributed by atoms with Crippen molar-refractivity contribution in [3.05, 3.63) is 60.2 Å². The van der Waals surface area contributed by atoms with E-state index in [0.717, 1.165) is 11.5 Å². The number of hydrogen-bond donors (Lipinski definition) is 0. The third-order valence-electron chi connectivity index (χ3n) is 2.24. The predicted molar refractivity (Wildman–Crippen MR) is 70.7 cm³/mol.